The maximum atomic E-state index is 4.48. The summed E-state index contributed by atoms with van der Waals surface area (Å²) in [5, 5.41) is 12.0. The molecule has 7 heteroatoms. The van der Waals surface area contributed by atoms with E-state index in [4.69, 9.17) is 0 Å². The van der Waals surface area contributed by atoms with Crippen LogP contribution in [-0.2, 0) is 13.1 Å². The second-order valence-electron chi connectivity index (χ2n) is 6.05. The number of H-pyrrole nitrogens is 1. The monoisotopic (exact) mass is 309 g/mol. The number of hydrogen-bond donors (Lipinski definition) is 1. The van der Waals surface area contributed by atoms with Crippen LogP contribution in [0.4, 0.5) is 0 Å². The van der Waals surface area contributed by atoms with Gasteiger partial charge in [-0.3, -0.25) is 4.90 Å². The first-order chi connectivity index (χ1) is 11.3. The van der Waals surface area contributed by atoms with Gasteiger partial charge in [-0.15, -0.1) is 5.10 Å². The Morgan fingerprint density at radius 1 is 1.22 bits per heavy atom. The van der Waals surface area contributed by atoms with Crippen LogP contribution in [0.3, 0.4) is 0 Å². The van der Waals surface area contributed by atoms with Crippen molar-refractivity contribution in [2.24, 2.45) is 0 Å². The van der Waals surface area contributed by atoms with E-state index in [9.17, 15) is 0 Å². The molecule has 7 nitrogen and oxygen atoms in total. The number of hydrogen-bond acceptors (Lipinski definition) is 5. The molecule has 0 bridgehead atoms. The summed E-state index contributed by atoms with van der Waals surface area (Å²) in [4.78, 5) is 10.0. The van der Waals surface area contributed by atoms with Crippen molar-refractivity contribution in [3.05, 3.63) is 48.2 Å². The first-order valence-electron chi connectivity index (χ1n) is 7.84. The molecule has 0 aliphatic heterocycles. The van der Waals surface area contributed by atoms with E-state index in [1.54, 1.807) is 0 Å². The second kappa shape index (κ2) is 5.92. The second-order valence-corrected chi connectivity index (χ2v) is 6.05. The molecule has 1 aromatic carbocycles. The molecule has 0 spiro atoms. The van der Waals surface area contributed by atoms with Crippen molar-refractivity contribution in [3.8, 4) is 11.3 Å². The van der Waals surface area contributed by atoms with Gasteiger partial charge >= 0.3 is 0 Å². The van der Waals surface area contributed by atoms with E-state index in [0.717, 1.165) is 29.5 Å². The summed E-state index contributed by atoms with van der Waals surface area (Å²) < 4.78 is 1.95. The van der Waals surface area contributed by atoms with E-state index >= 15 is 0 Å². The molecule has 2 aromatic heterocycles. The Bertz CT molecular complexity index is 773. The van der Waals surface area contributed by atoms with Crippen LogP contribution in [-0.4, -0.2) is 42.1 Å². The minimum Gasteiger partial charge on any atom is -0.341 e. The lowest BCUT2D eigenvalue weighted by molar-refractivity contribution is 0.296. The number of nitrogens with one attached hydrogen (secondary N) is 1. The SMILES string of the molecule is CN(Cc1ncc(-c2ccccc2)[nH]1)Cc1nnnn1C1CC1. The predicted octanol–water partition coefficient (Wildman–Crippen LogP) is 2.03. The molecule has 1 aliphatic carbocycles. The van der Waals surface area contributed by atoms with Crippen molar-refractivity contribution in [3.63, 3.8) is 0 Å². The molecule has 0 atom stereocenters. The summed E-state index contributed by atoms with van der Waals surface area (Å²) >= 11 is 0. The Hall–Kier alpha value is -2.54. The van der Waals surface area contributed by atoms with E-state index in [2.05, 4.69) is 49.6 Å². The molecule has 1 aliphatic rings. The molecule has 4 rings (SSSR count). The maximum Gasteiger partial charge on any atom is 0.165 e. The average molecular weight is 309 g/mol. The van der Waals surface area contributed by atoms with Crippen LogP contribution in [0.25, 0.3) is 11.3 Å². The van der Waals surface area contributed by atoms with Gasteiger partial charge in [0.2, 0.25) is 0 Å². The van der Waals surface area contributed by atoms with Gasteiger partial charge in [0.25, 0.3) is 0 Å². The third-order valence-corrected chi connectivity index (χ3v) is 4.00. The van der Waals surface area contributed by atoms with Crippen LogP contribution in [0.5, 0.6) is 0 Å². The zero-order valence-corrected chi connectivity index (χ0v) is 13.1. The molecule has 0 saturated heterocycles. The number of rotatable bonds is 6. The smallest absolute Gasteiger partial charge is 0.165 e. The van der Waals surface area contributed by atoms with E-state index in [-0.39, 0.29) is 0 Å². The quantitative estimate of drug-likeness (QED) is 0.754. The zero-order chi connectivity index (χ0) is 15.6. The fourth-order valence-electron chi connectivity index (χ4n) is 2.68. The van der Waals surface area contributed by atoms with Crippen molar-refractivity contribution < 1.29 is 0 Å². The third kappa shape index (κ3) is 3.14. The highest BCUT2D eigenvalue weighted by molar-refractivity contribution is 5.57. The van der Waals surface area contributed by atoms with Crippen LogP contribution in [0.1, 0.15) is 30.5 Å². The van der Waals surface area contributed by atoms with Gasteiger partial charge in [0, 0.05) is 0 Å². The van der Waals surface area contributed by atoms with Gasteiger partial charge in [-0.2, -0.15) is 0 Å². The number of tetrazole rings is 1. The molecule has 1 fully saturated rings. The molecule has 0 unspecified atom stereocenters. The van der Waals surface area contributed by atoms with Crippen molar-refractivity contribution >= 4 is 0 Å². The van der Waals surface area contributed by atoms with Crippen LogP contribution in [0.15, 0.2) is 36.5 Å². The van der Waals surface area contributed by atoms with Crippen molar-refractivity contribution in [2.45, 2.75) is 32.0 Å². The highest BCUT2D eigenvalue weighted by Crippen LogP contribution is 2.34. The number of aromatic nitrogens is 6. The molecule has 23 heavy (non-hydrogen) atoms. The summed E-state index contributed by atoms with van der Waals surface area (Å²) in [6.07, 6.45) is 4.24. The first-order valence-corrected chi connectivity index (χ1v) is 7.84. The van der Waals surface area contributed by atoms with Gasteiger partial charge in [-0.05, 0) is 35.9 Å². The van der Waals surface area contributed by atoms with Gasteiger partial charge in [-0.1, -0.05) is 30.3 Å². The lowest BCUT2D eigenvalue weighted by Gasteiger charge is -2.14. The Morgan fingerprint density at radius 2 is 2.04 bits per heavy atom. The van der Waals surface area contributed by atoms with Gasteiger partial charge < -0.3 is 4.98 Å². The Balaban J connectivity index is 1.42. The highest BCUT2D eigenvalue weighted by Gasteiger charge is 2.27. The lowest BCUT2D eigenvalue weighted by Crippen LogP contribution is -2.21. The van der Waals surface area contributed by atoms with Crippen LogP contribution < -0.4 is 0 Å². The van der Waals surface area contributed by atoms with Gasteiger partial charge in [0.1, 0.15) is 5.82 Å². The van der Waals surface area contributed by atoms with E-state index < -0.39 is 0 Å². The van der Waals surface area contributed by atoms with Crippen molar-refractivity contribution in [1.29, 1.82) is 0 Å². The highest BCUT2D eigenvalue weighted by atomic mass is 15.6. The molecule has 0 radical (unpaired) electrons. The molecule has 0 amide bonds. The maximum absolute atomic E-state index is 4.48. The normalized spacial score (nSPS) is 14.5. The lowest BCUT2D eigenvalue weighted by atomic mass is 10.2. The predicted molar refractivity (Wildman–Crippen MR) is 85.3 cm³/mol. The summed E-state index contributed by atoms with van der Waals surface area (Å²) in [5.41, 5.74) is 2.18. The minimum absolute atomic E-state index is 0.502. The van der Waals surface area contributed by atoms with Gasteiger partial charge in [0.15, 0.2) is 5.82 Å². The van der Waals surface area contributed by atoms with E-state index in [1.165, 1.54) is 12.8 Å². The number of benzene rings is 1. The third-order valence-electron chi connectivity index (χ3n) is 4.00. The van der Waals surface area contributed by atoms with Crippen LogP contribution in [0, 0.1) is 0 Å². The fraction of sp³-hybridized carbons (Fsp3) is 0.375. The molecule has 1 N–H and O–H groups in total. The molecular formula is C16H19N7. The number of aromatic amines is 1. The van der Waals surface area contributed by atoms with Crippen LogP contribution >= 0.6 is 0 Å². The van der Waals surface area contributed by atoms with E-state index in [1.807, 2.05) is 29.1 Å². The number of imidazole rings is 1. The standard InChI is InChI=1S/C16H19N7/c1-22(11-16-19-20-21-23(16)13-7-8-13)10-15-17-9-14(18-15)12-5-3-2-4-6-12/h2-6,9,13H,7-8,10-11H2,1H3,(H,17,18). The molecular weight excluding hydrogens is 290 g/mol. The molecule has 3 aromatic rings. The topological polar surface area (TPSA) is 75.5 Å². The van der Waals surface area contributed by atoms with Crippen LogP contribution in [0.2, 0.25) is 0 Å². The Morgan fingerprint density at radius 3 is 2.83 bits per heavy atom. The Labute approximate surface area is 134 Å². The minimum atomic E-state index is 0.502. The Kier molecular flexibility index (Phi) is 3.63. The molecule has 118 valence electrons. The van der Waals surface area contributed by atoms with Crippen molar-refractivity contribution in [1.82, 2.24) is 35.1 Å². The summed E-state index contributed by atoms with van der Waals surface area (Å²) in [7, 11) is 2.05. The molecule has 1 saturated carbocycles. The van der Waals surface area contributed by atoms with E-state index in [0.29, 0.717) is 12.6 Å². The summed E-state index contributed by atoms with van der Waals surface area (Å²) in [5.74, 6) is 1.86. The zero-order valence-electron chi connectivity index (χ0n) is 13.1. The summed E-state index contributed by atoms with van der Waals surface area (Å²) in [6.45, 7) is 1.44. The first kappa shape index (κ1) is 14.1. The summed E-state index contributed by atoms with van der Waals surface area (Å²) in [6, 6.07) is 10.7. The molecule has 2 heterocycles. The van der Waals surface area contributed by atoms with Gasteiger partial charge in [0.05, 0.1) is 31.0 Å². The van der Waals surface area contributed by atoms with Gasteiger partial charge in [-0.25, -0.2) is 9.67 Å². The van der Waals surface area contributed by atoms with Crippen molar-refractivity contribution in [2.75, 3.05) is 7.05 Å². The largest absolute Gasteiger partial charge is 0.341 e. The fourth-order valence-corrected chi connectivity index (χ4v) is 2.68. The average Bonchev–Trinajstić information content (AvgIpc) is 3.13. The number of nitrogens with zero attached hydrogens (tertiary/aromatic N) is 6.